The van der Waals surface area contributed by atoms with Crippen LogP contribution in [0.2, 0.25) is 0 Å². The largest absolute Gasteiger partial charge is 0.476 e. The van der Waals surface area contributed by atoms with Crippen molar-refractivity contribution in [3.63, 3.8) is 0 Å². The van der Waals surface area contributed by atoms with Gasteiger partial charge in [-0.25, -0.2) is 0 Å². The molecule has 0 aromatic heterocycles. The third-order valence-corrected chi connectivity index (χ3v) is 0.753. The molecule has 0 fully saturated rings. The van der Waals surface area contributed by atoms with Gasteiger partial charge < -0.3 is 4.74 Å². The molecule has 1 N–H and O–H groups in total. The van der Waals surface area contributed by atoms with E-state index >= 15 is 0 Å². The molecule has 0 aliphatic carbocycles. The molecule has 0 aromatic carbocycles. The second kappa shape index (κ2) is 4.72. The first-order chi connectivity index (χ1) is 4.66. The van der Waals surface area contributed by atoms with Crippen molar-refractivity contribution in [1.29, 1.82) is 5.41 Å². The summed E-state index contributed by atoms with van der Waals surface area (Å²) in [4.78, 5) is 9.17. The highest BCUT2D eigenvalue weighted by molar-refractivity contribution is 5.73. The van der Waals surface area contributed by atoms with Crippen LogP contribution in [0.25, 0.3) is 0 Å². The summed E-state index contributed by atoms with van der Waals surface area (Å²) in [6, 6.07) is 0. The highest BCUT2D eigenvalue weighted by atomic mass is 16.6. The number of nitro groups is 1. The van der Waals surface area contributed by atoms with Crippen LogP contribution in [0.3, 0.4) is 0 Å². The van der Waals surface area contributed by atoms with Gasteiger partial charge in [-0.1, -0.05) is 6.92 Å². The van der Waals surface area contributed by atoms with Crippen LogP contribution in [0, 0.1) is 15.5 Å². The van der Waals surface area contributed by atoms with E-state index < -0.39 is 11.5 Å². The first-order valence-electron chi connectivity index (χ1n) is 2.98. The Morgan fingerprint density at radius 3 is 2.80 bits per heavy atom. The maximum Gasteiger partial charge on any atom is 0.277 e. The quantitative estimate of drug-likeness (QED) is 0.274. The Morgan fingerprint density at radius 2 is 2.40 bits per heavy atom. The number of nitrogens with zero attached hydrogens (tertiary/aromatic N) is 1. The zero-order valence-corrected chi connectivity index (χ0v) is 5.79. The third kappa shape index (κ3) is 5.02. The number of nitrogens with one attached hydrogen (secondary N) is 1. The topological polar surface area (TPSA) is 76.2 Å². The van der Waals surface area contributed by atoms with Crippen LogP contribution in [0.4, 0.5) is 0 Å². The van der Waals surface area contributed by atoms with Gasteiger partial charge in [0.15, 0.2) is 0 Å². The Bertz CT molecular complexity index is 135. The van der Waals surface area contributed by atoms with Gasteiger partial charge in [0.05, 0.1) is 6.61 Å². The maximum absolute atomic E-state index is 9.76. The minimum atomic E-state index is -0.585. The van der Waals surface area contributed by atoms with E-state index in [2.05, 4.69) is 4.74 Å². The predicted octanol–water partition coefficient (Wildman–Crippen LogP) is 0.667. The number of rotatable bonds is 4. The summed E-state index contributed by atoms with van der Waals surface area (Å²) in [5.41, 5.74) is 0. The van der Waals surface area contributed by atoms with E-state index in [1.54, 1.807) is 0 Å². The van der Waals surface area contributed by atoms with Crippen LogP contribution in [-0.4, -0.2) is 24.0 Å². The summed E-state index contributed by atoms with van der Waals surface area (Å²) >= 11 is 0. The summed E-state index contributed by atoms with van der Waals surface area (Å²) in [5.74, 6) is -0.271. The Hall–Kier alpha value is -1.13. The van der Waals surface area contributed by atoms with Crippen molar-refractivity contribution in [1.82, 2.24) is 0 Å². The van der Waals surface area contributed by atoms with Crippen molar-refractivity contribution in [3.05, 3.63) is 10.1 Å². The lowest BCUT2D eigenvalue weighted by Crippen LogP contribution is -2.16. The lowest BCUT2D eigenvalue weighted by Gasteiger charge is -1.99. The molecule has 0 spiro atoms. The molecule has 0 amide bonds. The van der Waals surface area contributed by atoms with Crippen LogP contribution in [-0.2, 0) is 4.74 Å². The number of hydrogen-bond donors (Lipinski definition) is 1. The second-order valence-corrected chi connectivity index (χ2v) is 1.76. The molecule has 5 nitrogen and oxygen atoms in total. The third-order valence-electron chi connectivity index (χ3n) is 0.753. The molecule has 0 atom stereocenters. The standard InChI is InChI=1S/C5H10N2O3/c1-2-3-10-5(6)4-7(8)9/h6H,2-4H2,1H3. The van der Waals surface area contributed by atoms with Crippen LogP contribution in [0.5, 0.6) is 0 Å². The summed E-state index contributed by atoms with van der Waals surface area (Å²) in [6.45, 7) is 1.74. The van der Waals surface area contributed by atoms with Crippen molar-refractivity contribution < 1.29 is 9.66 Å². The Labute approximate surface area is 58.7 Å². The maximum atomic E-state index is 9.76. The minimum absolute atomic E-state index is 0.271. The van der Waals surface area contributed by atoms with E-state index in [0.29, 0.717) is 6.61 Å². The molecule has 0 saturated carbocycles. The Kier molecular flexibility index (Phi) is 4.19. The molecule has 58 valence electrons. The molecule has 0 saturated heterocycles. The van der Waals surface area contributed by atoms with Gasteiger partial charge in [-0.3, -0.25) is 15.5 Å². The molecule has 0 heterocycles. The molecule has 10 heavy (non-hydrogen) atoms. The zero-order chi connectivity index (χ0) is 7.98. The molecule has 0 aliphatic heterocycles. The van der Waals surface area contributed by atoms with Gasteiger partial charge in [0.25, 0.3) is 12.4 Å². The first kappa shape index (κ1) is 8.87. The van der Waals surface area contributed by atoms with E-state index in [4.69, 9.17) is 5.41 Å². The van der Waals surface area contributed by atoms with Gasteiger partial charge in [-0.2, -0.15) is 0 Å². The first-order valence-corrected chi connectivity index (χ1v) is 2.98. The second-order valence-electron chi connectivity index (χ2n) is 1.76. The van der Waals surface area contributed by atoms with Gasteiger partial charge >= 0.3 is 0 Å². The van der Waals surface area contributed by atoms with E-state index in [1.165, 1.54) is 0 Å². The average Bonchev–Trinajstić information content (AvgIpc) is 1.82. The molecular formula is C5H10N2O3. The van der Waals surface area contributed by atoms with Crippen molar-refractivity contribution in [2.75, 3.05) is 13.2 Å². The molecule has 0 radical (unpaired) electrons. The highest BCUT2D eigenvalue weighted by Crippen LogP contribution is 1.83. The highest BCUT2D eigenvalue weighted by Gasteiger charge is 2.04. The molecule has 0 rings (SSSR count). The Balaban J connectivity index is 3.35. The van der Waals surface area contributed by atoms with Gasteiger partial charge in [-0.05, 0) is 6.42 Å². The predicted molar refractivity (Wildman–Crippen MR) is 35.8 cm³/mol. The van der Waals surface area contributed by atoms with Crippen LogP contribution in [0.1, 0.15) is 13.3 Å². The smallest absolute Gasteiger partial charge is 0.277 e. The molecule has 0 aromatic rings. The van der Waals surface area contributed by atoms with E-state index in [-0.39, 0.29) is 5.90 Å². The van der Waals surface area contributed by atoms with Crippen LogP contribution >= 0.6 is 0 Å². The molecule has 5 heteroatoms. The van der Waals surface area contributed by atoms with Crippen LogP contribution < -0.4 is 0 Å². The summed E-state index contributed by atoms with van der Waals surface area (Å²) in [6.07, 6.45) is 0.764. The zero-order valence-electron chi connectivity index (χ0n) is 5.79. The van der Waals surface area contributed by atoms with Gasteiger partial charge in [0.2, 0.25) is 0 Å². The van der Waals surface area contributed by atoms with Crippen molar-refractivity contribution in [2.45, 2.75) is 13.3 Å². The number of hydrogen-bond acceptors (Lipinski definition) is 4. The van der Waals surface area contributed by atoms with E-state index in [9.17, 15) is 10.1 Å². The summed E-state index contributed by atoms with van der Waals surface area (Å²) in [5, 5.41) is 16.6. The lowest BCUT2D eigenvalue weighted by atomic mass is 10.5. The molecular weight excluding hydrogens is 136 g/mol. The average molecular weight is 146 g/mol. The summed E-state index contributed by atoms with van der Waals surface area (Å²) in [7, 11) is 0. The van der Waals surface area contributed by atoms with E-state index in [1.807, 2.05) is 6.92 Å². The Morgan fingerprint density at radius 1 is 1.80 bits per heavy atom. The van der Waals surface area contributed by atoms with Crippen molar-refractivity contribution in [3.8, 4) is 0 Å². The molecule has 0 bridgehead atoms. The van der Waals surface area contributed by atoms with Crippen LogP contribution in [0.15, 0.2) is 0 Å². The van der Waals surface area contributed by atoms with Crippen molar-refractivity contribution in [2.24, 2.45) is 0 Å². The van der Waals surface area contributed by atoms with Gasteiger partial charge in [0.1, 0.15) is 0 Å². The summed E-state index contributed by atoms with van der Waals surface area (Å²) < 4.78 is 4.64. The van der Waals surface area contributed by atoms with E-state index in [0.717, 1.165) is 6.42 Å². The van der Waals surface area contributed by atoms with Gasteiger partial charge in [0, 0.05) is 4.92 Å². The van der Waals surface area contributed by atoms with Gasteiger partial charge in [-0.15, -0.1) is 0 Å². The normalized spacial score (nSPS) is 8.90. The molecule has 0 aliphatic rings. The lowest BCUT2D eigenvalue weighted by molar-refractivity contribution is -0.465. The fourth-order valence-corrected chi connectivity index (χ4v) is 0.388. The number of ether oxygens (including phenoxy) is 1. The molecule has 0 unspecified atom stereocenters. The fraction of sp³-hybridized carbons (Fsp3) is 0.800. The van der Waals surface area contributed by atoms with Crippen molar-refractivity contribution >= 4 is 5.90 Å². The fourth-order valence-electron chi connectivity index (χ4n) is 0.388. The SMILES string of the molecule is CCCOC(=N)C[N+](=O)[O-]. The minimum Gasteiger partial charge on any atom is -0.476 e. The monoisotopic (exact) mass is 146 g/mol.